The van der Waals surface area contributed by atoms with Crippen molar-refractivity contribution in [1.29, 1.82) is 0 Å². The second-order valence-electron chi connectivity index (χ2n) is 4.53. The van der Waals surface area contributed by atoms with Gasteiger partial charge in [-0.25, -0.2) is 4.79 Å². The molecular formula is C13H18N2O3. The van der Waals surface area contributed by atoms with E-state index in [0.29, 0.717) is 17.7 Å². The summed E-state index contributed by atoms with van der Waals surface area (Å²) in [4.78, 5) is 22.6. The molecule has 0 saturated carbocycles. The molecule has 0 aliphatic carbocycles. The van der Waals surface area contributed by atoms with Crippen LogP contribution in [0.1, 0.15) is 36.2 Å². The minimum absolute atomic E-state index is 0.293. The van der Waals surface area contributed by atoms with Crippen LogP contribution in [0.2, 0.25) is 0 Å². The number of carboxylic acids is 1. The Bertz CT molecular complexity index is 485. The highest BCUT2D eigenvalue weighted by Gasteiger charge is 2.31. The maximum atomic E-state index is 11.3. The van der Waals surface area contributed by atoms with Crippen LogP contribution < -0.4 is 11.1 Å². The Labute approximate surface area is 106 Å². The molecule has 0 fully saturated rings. The summed E-state index contributed by atoms with van der Waals surface area (Å²) in [5, 5.41) is 12.1. The molecule has 4 N–H and O–H groups in total. The molecule has 1 rings (SSSR count). The number of aliphatic carboxylic acids is 1. The molecule has 1 atom stereocenters. The van der Waals surface area contributed by atoms with Crippen molar-refractivity contribution in [2.45, 2.75) is 32.7 Å². The van der Waals surface area contributed by atoms with E-state index in [0.717, 1.165) is 5.56 Å². The van der Waals surface area contributed by atoms with Crippen molar-refractivity contribution >= 4 is 17.6 Å². The fourth-order valence-corrected chi connectivity index (χ4v) is 1.57. The molecule has 0 radical (unpaired) electrons. The van der Waals surface area contributed by atoms with Crippen molar-refractivity contribution in [3.63, 3.8) is 0 Å². The maximum Gasteiger partial charge on any atom is 0.329 e. The topological polar surface area (TPSA) is 92.4 Å². The van der Waals surface area contributed by atoms with Gasteiger partial charge in [0.25, 0.3) is 5.91 Å². The highest BCUT2D eigenvalue weighted by molar-refractivity contribution is 5.99. The molecule has 1 aromatic rings. The number of aryl methyl sites for hydroxylation is 1. The van der Waals surface area contributed by atoms with Crippen molar-refractivity contribution < 1.29 is 14.7 Å². The van der Waals surface area contributed by atoms with Gasteiger partial charge in [0.05, 0.1) is 5.56 Å². The van der Waals surface area contributed by atoms with Gasteiger partial charge < -0.3 is 16.2 Å². The number of primary amides is 1. The monoisotopic (exact) mass is 250 g/mol. The van der Waals surface area contributed by atoms with Gasteiger partial charge >= 0.3 is 5.97 Å². The van der Waals surface area contributed by atoms with E-state index in [1.54, 1.807) is 32.0 Å². The fraction of sp³-hybridized carbons (Fsp3) is 0.385. The van der Waals surface area contributed by atoms with Crippen molar-refractivity contribution in [1.82, 2.24) is 0 Å². The van der Waals surface area contributed by atoms with E-state index in [1.165, 1.54) is 0 Å². The van der Waals surface area contributed by atoms with Crippen LogP contribution in [0.15, 0.2) is 18.2 Å². The third-order valence-electron chi connectivity index (χ3n) is 3.03. The van der Waals surface area contributed by atoms with Crippen molar-refractivity contribution in [2.75, 3.05) is 5.32 Å². The summed E-state index contributed by atoms with van der Waals surface area (Å²) in [5.74, 6) is -1.55. The van der Waals surface area contributed by atoms with E-state index >= 15 is 0 Å². The van der Waals surface area contributed by atoms with Gasteiger partial charge in [-0.05, 0) is 38.0 Å². The summed E-state index contributed by atoms with van der Waals surface area (Å²) >= 11 is 0. The summed E-state index contributed by atoms with van der Waals surface area (Å²) in [6, 6.07) is 5.07. The summed E-state index contributed by atoms with van der Waals surface area (Å²) in [6.07, 6.45) is 0.383. The average Bonchev–Trinajstić information content (AvgIpc) is 2.28. The van der Waals surface area contributed by atoms with Crippen LogP contribution >= 0.6 is 0 Å². The van der Waals surface area contributed by atoms with Crippen LogP contribution in [0.3, 0.4) is 0 Å². The number of rotatable bonds is 5. The number of nitrogens with one attached hydrogen (secondary N) is 1. The standard InChI is InChI=1S/C13H18N2O3/c1-4-13(3,12(17)18)15-10-7-8(2)5-6-9(10)11(14)16/h5-7,15H,4H2,1-3H3,(H2,14,16)(H,17,18). The molecule has 98 valence electrons. The highest BCUT2D eigenvalue weighted by Crippen LogP contribution is 2.23. The van der Waals surface area contributed by atoms with E-state index in [9.17, 15) is 14.7 Å². The van der Waals surface area contributed by atoms with Gasteiger partial charge in [-0.1, -0.05) is 13.0 Å². The summed E-state index contributed by atoms with van der Waals surface area (Å²) < 4.78 is 0. The summed E-state index contributed by atoms with van der Waals surface area (Å²) in [5.41, 5.74) is 5.82. The molecule has 0 bridgehead atoms. The second-order valence-corrected chi connectivity index (χ2v) is 4.53. The lowest BCUT2D eigenvalue weighted by atomic mass is 9.97. The molecule has 1 amide bonds. The Morgan fingerprint density at radius 2 is 2.06 bits per heavy atom. The normalized spacial score (nSPS) is 13.7. The Morgan fingerprint density at radius 3 is 2.50 bits per heavy atom. The van der Waals surface area contributed by atoms with Gasteiger partial charge in [0.15, 0.2) is 0 Å². The third kappa shape index (κ3) is 2.80. The number of nitrogens with two attached hydrogens (primary N) is 1. The second kappa shape index (κ2) is 5.08. The maximum absolute atomic E-state index is 11.3. The summed E-state index contributed by atoms with van der Waals surface area (Å²) in [7, 11) is 0. The molecule has 1 unspecified atom stereocenters. The Morgan fingerprint density at radius 1 is 1.44 bits per heavy atom. The number of hydrogen-bond donors (Lipinski definition) is 3. The van der Waals surface area contributed by atoms with Gasteiger partial charge in [0, 0.05) is 5.69 Å². The Kier molecular flexibility index (Phi) is 3.96. The van der Waals surface area contributed by atoms with Gasteiger partial charge in [-0.3, -0.25) is 4.79 Å². The first kappa shape index (κ1) is 14.0. The first-order valence-electron chi connectivity index (χ1n) is 5.72. The van der Waals surface area contributed by atoms with Crippen LogP contribution in [-0.4, -0.2) is 22.5 Å². The highest BCUT2D eigenvalue weighted by atomic mass is 16.4. The number of carbonyl (C=O) groups is 2. The molecule has 0 heterocycles. The quantitative estimate of drug-likeness (QED) is 0.742. The smallest absolute Gasteiger partial charge is 0.329 e. The Hall–Kier alpha value is -2.04. The minimum Gasteiger partial charge on any atom is -0.480 e. The largest absolute Gasteiger partial charge is 0.480 e. The Balaban J connectivity index is 3.20. The molecule has 0 aliphatic heterocycles. The van der Waals surface area contributed by atoms with E-state index in [-0.39, 0.29) is 0 Å². The SMILES string of the molecule is CCC(C)(Nc1cc(C)ccc1C(N)=O)C(=O)O. The summed E-state index contributed by atoms with van der Waals surface area (Å²) in [6.45, 7) is 5.20. The molecule has 0 spiro atoms. The fourth-order valence-electron chi connectivity index (χ4n) is 1.57. The van der Waals surface area contributed by atoms with Crippen molar-refractivity contribution in [3.8, 4) is 0 Å². The van der Waals surface area contributed by atoms with Crippen LogP contribution in [-0.2, 0) is 4.79 Å². The number of anilines is 1. The lowest BCUT2D eigenvalue weighted by molar-refractivity contribution is -0.141. The first-order valence-corrected chi connectivity index (χ1v) is 5.72. The number of amides is 1. The zero-order valence-electron chi connectivity index (χ0n) is 10.8. The van der Waals surface area contributed by atoms with E-state index < -0.39 is 17.4 Å². The zero-order chi connectivity index (χ0) is 13.9. The van der Waals surface area contributed by atoms with Gasteiger partial charge in [-0.2, -0.15) is 0 Å². The number of benzene rings is 1. The number of carboxylic acid groups (broad SMARTS) is 1. The van der Waals surface area contributed by atoms with Crippen LogP contribution in [0.4, 0.5) is 5.69 Å². The minimum atomic E-state index is -1.13. The van der Waals surface area contributed by atoms with E-state index in [2.05, 4.69) is 5.32 Å². The van der Waals surface area contributed by atoms with Crippen LogP contribution in [0.25, 0.3) is 0 Å². The lowest BCUT2D eigenvalue weighted by Gasteiger charge is -2.27. The predicted molar refractivity (Wildman–Crippen MR) is 69.7 cm³/mol. The van der Waals surface area contributed by atoms with Gasteiger partial charge in [-0.15, -0.1) is 0 Å². The van der Waals surface area contributed by atoms with E-state index in [1.807, 2.05) is 6.92 Å². The molecule has 18 heavy (non-hydrogen) atoms. The number of carbonyl (C=O) groups excluding carboxylic acids is 1. The average molecular weight is 250 g/mol. The molecule has 0 aliphatic rings. The number of hydrogen-bond acceptors (Lipinski definition) is 3. The molecular weight excluding hydrogens is 232 g/mol. The molecule has 5 heteroatoms. The molecule has 0 saturated heterocycles. The molecule has 1 aromatic carbocycles. The van der Waals surface area contributed by atoms with E-state index in [4.69, 9.17) is 5.73 Å². The predicted octanol–water partition coefficient (Wildman–Crippen LogP) is 1.76. The van der Waals surface area contributed by atoms with Gasteiger partial charge in [0.2, 0.25) is 0 Å². The molecule has 0 aromatic heterocycles. The zero-order valence-corrected chi connectivity index (χ0v) is 10.8. The van der Waals surface area contributed by atoms with Gasteiger partial charge in [0.1, 0.15) is 5.54 Å². The molecule has 5 nitrogen and oxygen atoms in total. The third-order valence-corrected chi connectivity index (χ3v) is 3.03. The first-order chi connectivity index (χ1) is 8.30. The van der Waals surface area contributed by atoms with Crippen molar-refractivity contribution in [2.24, 2.45) is 5.73 Å². The van der Waals surface area contributed by atoms with Crippen LogP contribution in [0.5, 0.6) is 0 Å². The van der Waals surface area contributed by atoms with Crippen LogP contribution in [0, 0.1) is 6.92 Å². The lowest BCUT2D eigenvalue weighted by Crippen LogP contribution is -2.43. The van der Waals surface area contributed by atoms with Crippen molar-refractivity contribution in [3.05, 3.63) is 29.3 Å².